The molecular weight excluding hydrogens is 282 g/mol. The van der Waals surface area contributed by atoms with E-state index in [0.717, 1.165) is 4.90 Å². The van der Waals surface area contributed by atoms with Gasteiger partial charge in [-0.25, -0.2) is 4.90 Å². The van der Waals surface area contributed by atoms with Gasteiger partial charge in [-0.1, -0.05) is 38.1 Å². The van der Waals surface area contributed by atoms with Crippen LogP contribution in [0.4, 0.5) is 5.69 Å². The zero-order valence-electron chi connectivity index (χ0n) is 11.9. The predicted molar refractivity (Wildman–Crippen MR) is 85.0 cm³/mol. The van der Waals surface area contributed by atoms with Gasteiger partial charge in [-0.3, -0.25) is 9.59 Å². The van der Waals surface area contributed by atoms with Crippen LogP contribution in [0.5, 0.6) is 0 Å². The molecular formula is C17H15NO2S. The molecule has 3 rings (SSSR count). The van der Waals surface area contributed by atoms with Crippen LogP contribution in [0, 0.1) is 0 Å². The van der Waals surface area contributed by atoms with Crippen molar-refractivity contribution < 1.29 is 9.59 Å². The van der Waals surface area contributed by atoms with Crippen molar-refractivity contribution in [3.8, 4) is 0 Å². The SMILES string of the molecule is CC(C)Sc1ccccc1N1C(=O)c2ccccc2C1=O. The fourth-order valence-corrected chi connectivity index (χ4v) is 3.35. The number of nitrogens with zero attached hydrogens (tertiary/aromatic N) is 1. The molecule has 3 nitrogen and oxygen atoms in total. The van der Waals surface area contributed by atoms with Gasteiger partial charge in [0.2, 0.25) is 0 Å². The molecule has 0 radical (unpaired) electrons. The van der Waals surface area contributed by atoms with Crippen molar-refractivity contribution in [3.05, 3.63) is 59.7 Å². The lowest BCUT2D eigenvalue weighted by molar-refractivity contribution is 0.0925. The molecule has 1 aliphatic rings. The summed E-state index contributed by atoms with van der Waals surface area (Å²) in [6.45, 7) is 4.17. The number of hydrogen-bond donors (Lipinski definition) is 0. The summed E-state index contributed by atoms with van der Waals surface area (Å²) in [4.78, 5) is 27.3. The Labute approximate surface area is 128 Å². The number of anilines is 1. The second-order valence-electron chi connectivity index (χ2n) is 5.13. The van der Waals surface area contributed by atoms with E-state index in [1.165, 1.54) is 4.90 Å². The molecule has 0 saturated carbocycles. The zero-order valence-corrected chi connectivity index (χ0v) is 12.7. The number of fused-ring (bicyclic) bond motifs is 1. The molecule has 0 N–H and O–H groups in total. The summed E-state index contributed by atoms with van der Waals surface area (Å²) in [6, 6.07) is 14.5. The Morgan fingerprint density at radius 1 is 0.857 bits per heavy atom. The Bertz CT molecular complexity index is 689. The minimum Gasteiger partial charge on any atom is -0.268 e. The van der Waals surface area contributed by atoms with Crippen LogP contribution in [0.25, 0.3) is 0 Å². The third-order valence-corrected chi connectivity index (χ3v) is 4.33. The van der Waals surface area contributed by atoms with Crippen molar-refractivity contribution in [2.24, 2.45) is 0 Å². The third kappa shape index (κ3) is 2.36. The summed E-state index contributed by atoms with van der Waals surface area (Å²) in [5.41, 5.74) is 1.63. The van der Waals surface area contributed by atoms with Gasteiger partial charge in [0.15, 0.2) is 0 Å². The number of imide groups is 1. The summed E-state index contributed by atoms with van der Waals surface area (Å²) in [5, 5.41) is 0.376. The predicted octanol–water partition coefficient (Wildman–Crippen LogP) is 3.99. The summed E-state index contributed by atoms with van der Waals surface area (Å²) in [6.07, 6.45) is 0. The van der Waals surface area contributed by atoms with Crippen LogP contribution in [0.1, 0.15) is 34.6 Å². The van der Waals surface area contributed by atoms with Crippen molar-refractivity contribution in [1.82, 2.24) is 0 Å². The minimum absolute atomic E-state index is 0.243. The number of hydrogen-bond acceptors (Lipinski definition) is 3. The lowest BCUT2D eigenvalue weighted by Gasteiger charge is -2.18. The van der Waals surface area contributed by atoms with Gasteiger partial charge in [0.25, 0.3) is 11.8 Å². The highest BCUT2D eigenvalue weighted by atomic mass is 32.2. The molecule has 0 aromatic heterocycles. The fraction of sp³-hybridized carbons (Fsp3) is 0.176. The monoisotopic (exact) mass is 297 g/mol. The first kappa shape index (κ1) is 13.9. The molecule has 0 bridgehead atoms. The van der Waals surface area contributed by atoms with Crippen LogP contribution in [-0.2, 0) is 0 Å². The Morgan fingerprint density at radius 2 is 1.38 bits per heavy atom. The summed E-state index contributed by atoms with van der Waals surface area (Å²) < 4.78 is 0. The molecule has 0 spiro atoms. The highest BCUT2D eigenvalue weighted by Gasteiger charge is 2.37. The van der Waals surface area contributed by atoms with Gasteiger partial charge in [0.1, 0.15) is 0 Å². The van der Waals surface area contributed by atoms with E-state index in [9.17, 15) is 9.59 Å². The molecule has 2 aromatic carbocycles. The van der Waals surface area contributed by atoms with E-state index < -0.39 is 0 Å². The lowest BCUT2D eigenvalue weighted by atomic mass is 10.1. The number of para-hydroxylation sites is 1. The second-order valence-corrected chi connectivity index (χ2v) is 6.74. The Balaban J connectivity index is 2.07. The first-order valence-corrected chi connectivity index (χ1v) is 7.71. The lowest BCUT2D eigenvalue weighted by Crippen LogP contribution is -2.29. The van der Waals surface area contributed by atoms with E-state index in [1.54, 1.807) is 36.0 Å². The van der Waals surface area contributed by atoms with Crippen LogP contribution in [0.3, 0.4) is 0 Å². The molecule has 4 heteroatoms. The fourth-order valence-electron chi connectivity index (χ4n) is 2.40. The number of carbonyl (C=O) groups excluding carboxylic acids is 2. The average molecular weight is 297 g/mol. The Hall–Kier alpha value is -2.07. The van der Waals surface area contributed by atoms with E-state index in [2.05, 4.69) is 13.8 Å². The normalized spacial score (nSPS) is 14.0. The standard InChI is InChI=1S/C17H15NO2S/c1-11(2)21-15-10-6-5-9-14(15)18-16(19)12-7-3-4-8-13(12)17(18)20/h3-11H,1-2H3. The molecule has 0 saturated heterocycles. The number of benzene rings is 2. The molecule has 0 fully saturated rings. The van der Waals surface area contributed by atoms with Gasteiger partial charge in [0, 0.05) is 10.1 Å². The maximum Gasteiger partial charge on any atom is 0.266 e. The molecule has 21 heavy (non-hydrogen) atoms. The highest BCUT2D eigenvalue weighted by molar-refractivity contribution is 8.00. The van der Waals surface area contributed by atoms with Crippen LogP contribution < -0.4 is 4.90 Å². The van der Waals surface area contributed by atoms with Crippen LogP contribution in [0.2, 0.25) is 0 Å². The molecule has 0 unspecified atom stereocenters. The van der Waals surface area contributed by atoms with Gasteiger partial charge in [-0.05, 0) is 24.3 Å². The maximum absolute atomic E-state index is 12.5. The largest absolute Gasteiger partial charge is 0.268 e. The quantitative estimate of drug-likeness (QED) is 0.635. The highest BCUT2D eigenvalue weighted by Crippen LogP contribution is 2.36. The minimum atomic E-state index is -0.243. The van der Waals surface area contributed by atoms with Crippen molar-refractivity contribution in [1.29, 1.82) is 0 Å². The second kappa shape index (κ2) is 5.37. The smallest absolute Gasteiger partial charge is 0.266 e. The molecule has 1 aliphatic heterocycles. The Morgan fingerprint density at radius 3 is 1.95 bits per heavy atom. The number of rotatable bonds is 3. The topological polar surface area (TPSA) is 37.4 Å². The van der Waals surface area contributed by atoms with Gasteiger partial charge < -0.3 is 0 Å². The van der Waals surface area contributed by atoms with E-state index in [0.29, 0.717) is 22.1 Å². The molecule has 0 atom stereocenters. The first-order valence-electron chi connectivity index (χ1n) is 6.83. The van der Waals surface area contributed by atoms with Crippen molar-refractivity contribution in [2.75, 3.05) is 4.90 Å². The average Bonchev–Trinajstić information content (AvgIpc) is 2.72. The molecule has 2 aromatic rings. The number of thioether (sulfide) groups is 1. The molecule has 0 aliphatic carbocycles. The van der Waals surface area contributed by atoms with E-state index >= 15 is 0 Å². The van der Waals surface area contributed by atoms with Gasteiger partial charge >= 0.3 is 0 Å². The summed E-state index contributed by atoms with van der Waals surface area (Å²) in [5.74, 6) is -0.486. The summed E-state index contributed by atoms with van der Waals surface area (Å²) in [7, 11) is 0. The Kier molecular flexibility index (Phi) is 3.55. The third-order valence-electron chi connectivity index (χ3n) is 3.26. The van der Waals surface area contributed by atoms with Crippen LogP contribution in [0.15, 0.2) is 53.4 Å². The van der Waals surface area contributed by atoms with Crippen molar-refractivity contribution >= 4 is 29.3 Å². The summed E-state index contributed by atoms with van der Waals surface area (Å²) >= 11 is 1.65. The van der Waals surface area contributed by atoms with Crippen molar-refractivity contribution in [2.45, 2.75) is 24.0 Å². The maximum atomic E-state index is 12.5. The first-order chi connectivity index (χ1) is 10.1. The van der Waals surface area contributed by atoms with E-state index in [4.69, 9.17) is 0 Å². The molecule has 2 amide bonds. The van der Waals surface area contributed by atoms with Gasteiger partial charge in [-0.2, -0.15) is 0 Å². The molecule has 1 heterocycles. The van der Waals surface area contributed by atoms with Gasteiger partial charge in [0.05, 0.1) is 16.8 Å². The van der Waals surface area contributed by atoms with Crippen LogP contribution in [-0.4, -0.2) is 17.1 Å². The zero-order chi connectivity index (χ0) is 15.0. The van der Waals surface area contributed by atoms with Crippen molar-refractivity contribution in [3.63, 3.8) is 0 Å². The van der Waals surface area contributed by atoms with E-state index in [-0.39, 0.29) is 11.8 Å². The van der Waals surface area contributed by atoms with Crippen LogP contribution >= 0.6 is 11.8 Å². The van der Waals surface area contributed by atoms with E-state index in [1.807, 2.05) is 24.3 Å². The molecule has 106 valence electrons. The number of amides is 2. The number of carbonyl (C=O) groups is 2. The van der Waals surface area contributed by atoms with Gasteiger partial charge in [-0.15, -0.1) is 11.8 Å².